The fourth-order valence-corrected chi connectivity index (χ4v) is 2.06. The molecule has 0 aromatic heterocycles. The van der Waals surface area contributed by atoms with Crippen molar-refractivity contribution in [3.05, 3.63) is 0 Å². The number of carbonyl (C=O) groups excluding carboxylic acids is 5. The Morgan fingerprint density at radius 1 is 1.14 bits per heavy atom. The van der Waals surface area contributed by atoms with Gasteiger partial charge in [0.05, 0.1) is 20.1 Å². The molecule has 0 fully saturated rings. The third-order valence-electron chi connectivity index (χ3n) is 2.36. The molecule has 22 heavy (non-hydrogen) atoms. The normalized spacial score (nSPS) is 11.2. The van der Waals surface area contributed by atoms with Crippen LogP contribution >= 0.6 is 11.8 Å². The van der Waals surface area contributed by atoms with E-state index in [9.17, 15) is 24.0 Å². The minimum Gasteiger partial charge on any atom is -0.464 e. The van der Waals surface area contributed by atoms with Gasteiger partial charge in [0.15, 0.2) is 5.12 Å². The average molecular weight is 333 g/mol. The molecule has 0 aliphatic heterocycles. The van der Waals surface area contributed by atoms with Gasteiger partial charge in [-0.15, -0.1) is 0 Å². The van der Waals surface area contributed by atoms with Crippen molar-refractivity contribution in [3.8, 4) is 0 Å². The third kappa shape index (κ3) is 7.77. The van der Waals surface area contributed by atoms with Gasteiger partial charge in [-0.05, 0) is 6.92 Å². The predicted molar refractivity (Wildman–Crippen MR) is 78.0 cm³/mol. The minimum absolute atomic E-state index is 0.0855. The van der Waals surface area contributed by atoms with Crippen molar-refractivity contribution >= 4 is 40.5 Å². The summed E-state index contributed by atoms with van der Waals surface area (Å²) in [5, 5.41) is 1.83. The quantitative estimate of drug-likeness (QED) is 0.351. The monoisotopic (exact) mass is 333 g/mol. The van der Waals surface area contributed by atoms with Crippen LogP contribution in [-0.4, -0.2) is 54.3 Å². The summed E-state index contributed by atoms with van der Waals surface area (Å²) < 4.78 is 8.99. The number of amides is 1. The summed E-state index contributed by atoms with van der Waals surface area (Å²) in [6.45, 7) is 3.37. The molecule has 0 bridgehead atoms. The van der Waals surface area contributed by atoms with Gasteiger partial charge < -0.3 is 14.8 Å². The van der Waals surface area contributed by atoms with Gasteiger partial charge in [0.2, 0.25) is 11.7 Å². The van der Waals surface area contributed by atoms with Gasteiger partial charge in [-0.1, -0.05) is 18.7 Å². The van der Waals surface area contributed by atoms with Gasteiger partial charge >= 0.3 is 11.9 Å². The Balaban J connectivity index is 4.51. The molecule has 1 atom stereocenters. The van der Waals surface area contributed by atoms with E-state index >= 15 is 0 Å². The lowest BCUT2D eigenvalue weighted by Gasteiger charge is -2.16. The summed E-state index contributed by atoms with van der Waals surface area (Å²) in [5.74, 6) is -3.18. The number of esters is 2. The van der Waals surface area contributed by atoms with Crippen molar-refractivity contribution in [2.45, 2.75) is 32.7 Å². The molecule has 0 rings (SSSR count). The van der Waals surface area contributed by atoms with Crippen molar-refractivity contribution in [2.75, 3.05) is 19.5 Å². The number of carbonyl (C=O) groups is 5. The Hall–Kier alpha value is -1.90. The number of nitrogens with one attached hydrogen (secondary N) is 1. The topological polar surface area (TPSA) is 116 Å². The Kier molecular flexibility index (Phi) is 9.84. The van der Waals surface area contributed by atoms with Crippen LogP contribution < -0.4 is 5.32 Å². The minimum atomic E-state index is -1.10. The highest BCUT2D eigenvalue weighted by Gasteiger charge is 2.24. The number of ketones is 1. The first-order valence-corrected chi connectivity index (χ1v) is 7.56. The molecule has 9 heteroatoms. The fraction of sp³-hybridized carbons (Fsp3) is 0.615. The number of rotatable bonds is 9. The van der Waals surface area contributed by atoms with Gasteiger partial charge in [0.1, 0.15) is 6.04 Å². The van der Waals surface area contributed by atoms with E-state index in [1.54, 1.807) is 13.8 Å². The van der Waals surface area contributed by atoms with E-state index in [1.807, 2.05) is 0 Å². The first kappa shape index (κ1) is 20.1. The van der Waals surface area contributed by atoms with Gasteiger partial charge in [0.25, 0.3) is 0 Å². The van der Waals surface area contributed by atoms with Gasteiger partial charge in [0, 0.05) is 12.2 Å². The molecular formula is C13H19NO7S. The van der Waals surface area contributed by atoms with Crippen molar-refractivity contribution in [2.24, 2.45) is 0 Å². The lowest BCUT2D eigenvalue weighted by molar-refractivity contribution is -0.152. The number of ether oxygens (including phenoxy) is 2. The first-order chi connectivity index (χ1) is 10.3. The number of hydrogen-bond donors (Lipinski definition) is 1. The fourth-order valence-electron chi connectivity index (χ4n) is 1.25. The zero-order valence-corrected chi connectivity index (χ0v) is 13.5. The molecule has 1 N–H and O–H groups in total. The van der Waals surface area contributed by atoms with Crippen LogP contribution in [0.15, 0.2) is 0 Å². The molecule has 0 aliphatic rings. The molecule has 1 unspecified atom stereocenters. The van der Waals surface area contributed by atoms with Crippen molar-refractivity contribution in [1.29, 1.82) is 0 Å². The van der Waals surface area contributed by atoms with Crippen molar-refractivity contribution in [1.82, 2.24) is 5.32 Å². The second kappa shape index (κ2) is 10.8. The van der Waals surface area contributed by atoms with E-state index < -0.39 is 35.3 Å². The lowest BCUT2D eigenvalue weighted by Crippen LogP contribution is -2.43. The maximum absolute atomic E-state index is 11.7. The highest BCUT2D eigenvalue weighted by Crippen LogP contribution is 2.10. The first-order valence-electron chi connectivity index (χ1n) is 6.58. The summed E-state index contributed by atoms with van der Waals surface area (Å²) >= 11 is 0.664. The second-order valence-corrected chi connectivity index (χ2v) is 5.08. The van der Waals surface area contributed by atoms with Crippen LogP contribution in [-0.2, 0) is 33.4 Å². The lowest BCUT2D eigenvalue weighted by atomic mass is 10.3. The van der Waals surface area contributed by atoms with E-state index in [0.29, 0.717) is 11.8 Å². The number of Topliss-reactive ketones (excluding diaryl/α,β-unsaturated/α-hetero) is 1. The van der Waals surface area contributed by atoms with Crippen LogP contribution in [0.25, 0.3) is 0 Å². The number of thioether (sulfide) groups is 1. The summed E-state index contributed by atoms with van der Waals surface area (Å²) in [5.41, 5.74) is 0. The third-order valence-corrected chi connectivity index (χ3v) is 3.32. The smallest absolute Gasteiger partial charge is 0.374 e. The van der Waals surface area contributed by atoms with Crippen LogP contribution in [0.4, 0.5) is 0 Å². The Labute approximate surface area is 132 Å². The molecule has 0 aromatic rings. The van der Waals surface area contributed by atoms with Gasteiger partial charge in [-0.3, -0.25) is 14.4 Å². The summed E-state index contributed by atoms with van der Waals surface area (Å²) in [4.78, 5) is 56.7. The standard InChI is InChI=1S/C13H19NO7S/c1-4-10(16)14-8(12(18)21-5-2)7-22-11(17)6-9(15)13(19)20-3/h8H,4-7H2,1-3H3,(H,14,16). The maximum atomic E-state index is 11.7. The van der Waals surface area contributed by atoms with Gasteiger partial charge in [-0.2, -0.15) is 0 Å². The van der Waals surface area contributed by atoms with Crippen molar-refractivity contribution < 1.29 is 33.4 Å². The average Bonchev–Trinajstić information content (AvgIpc) is 2.50. The zero-order chi connectivity index (χ0) is 17.1. The summed E-state index contributed by atoms with van der Waals surface area (Å²) in [6, 6.07) is -0.991. The van der Waals surface area contributed by atoms with Crippen LogP contribution in [0.5, 0.6) is 0 Å². The van der Waals surface area contributed by atoms with E-state index in [1.165, 1.54) is 0 Å². The highest BCUT2D eigenvalue weighted by atomic mass is 32.2. The molecule has 0 radical (unpaired) electrons. The molecule has 0 aromatic carbocycles. The molecule has 1 amide bonds. The van der Waals surface area contributed by atoms with E-state index in [0.717, 1.165) is 7.11 Å². The molecule has 124 valence electrons. The maximum Gasteiger partial charge on any atom is 0.374 e. The molecule has 8 nitrogen and oxygen atoms in total. The Morgan fingerprint density at radius 2 is 1.77 bits per heavy atom. The predicted octanol–water partition coefficient (Wildman–Crippen LogP) is -0.164. The van der Waals surface area contributed by atoms with Crippen LogP contribution in [0, 0.1) is 0 Å². The molecular weight excluding hydrogens is 314 g/mol. The van der Waals surface area contributed by atoms with Crippen molar-refractivity contribution in [3.63, 3.8) is 0 Å². The molecule has 0 spiro atoms. The molecule has 0 saturated carbocycles. The summed E-state index contributed by atoms with van der Waals surface area (Å²) in [6.07, 6.45) is -0.454. The Bertz CT molecular complexity index is 450. The van der Waals surface area contributed by atoms with E-state index in [-0.39, 0.29) is 24.7 Å². The number of hydrogen-bond acceptors (Lipinski definition) is 8. The van der Waals surface area contributed by atoms with E-state index in [2.05, 4.69) is 10.1 Å². The highest BCUT2D eigenvalue weighted by molar-refractivity contribution is 8.13. The number of methoxy groups -OCH3 is 1. The van der Waals surface area contributed by atoms with Crippen LogP contribution in [0.1, 0.15) is 26.7 Å². The van der Waals surface area contributed by atoms with Gasteiger partial charge in [-0.25, -0.2) is 9.59 Å². The second-order valence-electron chi connectivity index (χ2n) is 4.00. The summed E-state index contributed by atoms with van der Waals surface area (Å²) in [7, 11) is 1.04. The molecule has 0 heterocycles. The largest absolute Gasteiger partial charge is 0.464 e. The molecule has 0 saturated heterocycles. The molecule has 0 aliphatic carbocycles. The van der Waals surface area contributed by atoms with Crippen LogP contribution in [0.3, 0.4) is 0 Å². The SMILES string of the molecule is CCOC(=O)C(CSC(=O)CC(=O)C(=O)OC)NC(=O)CC. The zero-order valence-electron chi connectivity index (χ0n) is 12.7. The Morgan fingerprint density at radius 3 is 2.27 bits per heavy atom. The van der Waals surface area contributed by atoms with Crippen LogP contribution in [0.2, 0.25) is 0 Å². The van der Waals surface area contributed by atoms with E-state index in [4.69, 9.17) is 4.74 Å².